The van der Waals surface area contributed by atoms with Crippen LogP contribution in [0.4, 0.5) is 13.2 Å². The number of aliphatic hydroxyl groups is 1. The predicted octanol–water partition coefficient (Wildman–Crippen LogP) is 2.59. The zero-order chi connectivity index (χ0) is 29.2. The molecule has 1 aromatic carbocycles. The molecule has 1 heterocycles. The van der Waals surface area contributed by atoms with Crippen LogP contribution in [0.25, 0.3) is 0 Å². The number of nitrogens with two attached hydrogens (primary N) is 1. The molecule has 2 rings (SSSR count). The third-order valence-corrected chi connectivity index (χ3v) is 5.55. The molecule has 0 spiro atoms. The van der Waals surface area contributed by atoms with Gasteiger partial charge in [0.15, 0.2) is 10.2 Å². The molecule has 16 heteroatoms. The maximum atomic E-state index is 12.2. The van der Waals surface area contributed by atoms with E-state index in [1.807, 2.05) is 0 Å². The van der Waals surface area contributed by atoms with Gasteiger partial charge in [-0.2, -0.15) is 13.2 Å². The Hall–Kier alpha value is -3.63. The number of thiol groups is 1. The molecule has 0 aliphatic rings. The van der Waals surface area contributed by atoms with Gasteiger partial charge in [0.25, 0.3) is 0 Å². The Bertz CT molecular complexity index is 1200. The zero-order valence-corrected chi connectivity index (χ0v) is 21.1. The average molecular weight is 579 g/mol. The van der Waals surface area contributed by atoms with E-state index in [2.05, 4.69) is 12.6 Å². The summed E-state index contributed by atoms with van der Waals surface area (Å²) in [6.07, 6.45) is -7.01. The van der Waals surface area contributed by atoms with Gasteiger partial charge in [-0.3, -0.25) is 19.8 Å². The van der Waals surface area contributed by atoms with Gasteiger partial charge in [0, 0.05) is 17.9 Å². The molecule has 206 valence electrons. The summed E-state index contributed by atoms with van der Waals surface area (Å²) in [6, 6.07) is 8.99. The lowest BCUT2D eigenvalue weighted by molar-refractivity contribution is -0.192. The molecular formula is C22H21F3N2O9S2. The number of hydrogen-bond acceptors (Lipinski definition) is 10. The number of hydrogen-bond donors (Lipinski definition) is 5. The number of carboxylic acids is 1. The zero-order valence-electron chi connectivity index (χ0n) is 19.4. The predicted molar refractivity (Wildman–Crippen MR) is 130 cm³/mol. The number of nitrogen functional groups attached to an aromatic ring is 1. The number of alkyl halides is 3. The van der Waals surface area contributed by atoms with Gasteiger partial charge in [-0.25, -0.2) is 9.59 Å². The molecule has 2 aromatic rings. The van der Waals surface area contributed by atoms with Crippen molar-refractivity contribution in [3.8, 4) is 5.75 Å². The Morgan fingerprint density at radius 2 is 1.68 bits per heavy atom. The Labute approximate surface area is 222 Å². The molecule has 0 aliphatic carbocycles. The summed E-state index contributed by atoms with van der Waals surface area (Å²) in [4.78, 5) is 55.9. The van der Waals surface area contributed by atoms with Crippen LogP contribution in [0.5, 0.6) is 5.75 Å². The van der Waals surface area contributed by atoms with E-state index in [9.17, 15) is 37.5 Å². The van der Waals surface area contributed by atoms with Crippen LogP contribution in [0.15, 0.2) is 40.8 Å². The van der Waals surface area contributed by atoms with Gasteiger partial charge in [0.1, 0.15) is 23.4 Å². The molecule has 11 nitrogen and oxygen atoms in total. The van der Waals surface area contributed by atoms with Crippen LogP contribution < -0.4 is 10.5 Å². The van der Waals surface area contributed by atoms with E-state index in [0.717, 1.165) is 0 Å². The first-order chi connectivity index (χ1) is 17.5. The van der Waals surface area contributed by atoms with Crippen molar-refractivity contribution in [1.29, 1.82) is 5.41 Å². The van der Waals surface area contributed by atoms with Crippen LogP contribution in [0.2, 0.25) is 0 Å². The van der Waals surface area contributed by atoms with Gasteiger partial charge in [0.2, 0.25) is 10.9 Å². The normalized spacial score (nSPS) is 12.4. The van der Waals surface area contributed by atoms with Crippen molar-refractivity contribution in [2.75, 3.05) is 0 Å². The minimum Gasteiger partial charge on any atom is -0.475 e. The molecule has 0 radical (unpaired) electrons. The fraction of sp³-hybridized carbons (Fsp3) is 0.273. The summed E-state index contributed by atoms with van der Waals surface area (Å²) in [7, 11) is 0. The topological polar surface area (TPSA) is 198 Å². The summed E-state index contributed by atoms with van der Waals surface area (Å²) < 4.78 is 42.4. The summed E-state index contributed by atoms with van der Waals surface area (Å²) in [6.45, 7) is 1.58. The van der Waals surface area contributed by atoms with Gasteiger partial charge < -0.3 is 25.1 Å². The molecule has 0 saturated carbocycles. The number of amidine groups is 1. The quantitative estimate of drug-likeness (QED) is 0.0963. The van der Waals surface area contributed by atoms with Gasteiger partial charge in [0.05, 0.1) is 6.42 Å². The maximum Gasteiger partial charge on any atom is 0.490 e. The summed E-state index contributed by atoms with van der Waals surface area (Å²) in [5.41, 5.74) is 5.86. The third kappa shape index (κ3) is 11.2. The van der Waals surface area contributed by atoms with Crippen molar-refractivity contribution in [2.24, 2.45) is 11.7 Å². The summed E-state index contributed by atoms with van der Waals surface area (Å²) in [5.74, 6) is -3.70. The van der Waals surface area contributed by atoms with Crippen LogP contribution in [-0.4, -0.2) is 55.6 Å². The van der Waals surface area contributed by atoms with Crippen molar-refractivity contribution < 1.29 is 56.5 Å². The van der Waals surface area contributed by atoms with E-state index in [0.29, 0.717) is 23.1 Å². The molecule has 0 amide bonds. The van der Waals surface area contributed by atoms with E-state index >= 15 is 0 Å². The number of nitrogens with one attached hydrogen (secondary N) is 1. The molecule has 5 N–H and O–H groups in total. The summed E-state index contributed by atoms with van der Waals surface area (Å²) >= 11 is 3.84. The lowest BCUT2D eigenvalue weighted by Gasteiger charge is -2.08. The number of halogens is 3. The first-order valence-corrected chi connectivity index (χ1v) is 11.5. The molecule has 0 bridgehead atoms. The monoisotopic (exact) mass is 578 g/mol. The number of carboxylic acid groups (broad SMARTS) is 1. The van der Waals surface area contributed by atoms with Crippen LogP contribution in [-0.2, 0) is 25.6 Å². The lowest BCUT2D eigenvalue weighted by atomic mass is 10.1. The second-order valence-corrected chi connectivity index (χ2v) is 8.86. The molecule has 38 heavy (non-hydrogen) atoms. The van der Waals surface area contributed by atoms with Crippen LogP contribution in [0, 0.1) is 11.3 Å². The number of aliphatic hydroxyl groups excluding tert-OH is 1. The van der Waals surface area contributed by atoms with Gasteiger partial charge >= 0.3 is 18.1 Å². The number of aliphatic carboxylic acids is 1. The molecule has 2 unspecified atom stereocenters. The van der Waals surface area contributed by atoms with Crippen molar-refractivity contribution in [2.45, 2.75) is 32.0 Å². The fourth-order valence-corrected chi connectivity index (χ4v) is 3.18. The molecule has 0 saturated heterocycles. The standard InChI is InChI=1S/C20H20N2O7S2.C2HF3O2/c1-10(20(27)31-16(24)9-14(23)19(26)30)8-13-6-7-15(28-13)18(25)29-12-4-2-11(3-5-12)17(21)22;3-2(4,5)1(6)7/h2-7,10,14,23H,8-9H2,1H3,(H3,21,22)(H,26,30);(H,6,7). The first kappa shape index (κ1) is 32.4. The molecule has 0 aliphatic heterocycles. The molecule has 2 atom stereocenters. The van der Waals surface area contributed by atoms with Crippen molar-refractivity contribution in [3.63, 3.8) is 0 Å². The van der Waals surface area contributed by atoms with Crippen molar-refractivity contribution in [1.82, 2.24) is 0 Å². The Morgan fingerprint density at radius 1 is 1.13 bits per heavy atom. The highest BCUT2D eigenvalue weighted by Gasteiger charge is 2.38. The number of benzene rings is 1. The van der Waals surface area contributed by atoms with Crippen LogP contribution >= 0.6 is 24.4 Å². The Balaban J connectivity index is 0.000000905. The highest BCUT2D eigenvalue weighted by atomic mass is 32.2. The Morgan fingerprint density at radius 3 is 2.16 bits per heavy atom. The van der Waals surface area contributed by atoms with Gasteiger partial charge in [-0.05, 0) is 48.2 Å². The van der Waals surface area contributed by atoms with Gasteiger partial charge in [-0.15, -0.1) is 12.6 Å². The van der Waals surface area contributed by atoms with Crippen LogP contribution in [0.1, 0.15) is 35.2 Å². The second kappa shape index (κ2) is 14.3. The fourth-order valence-electron chi connectivity index (χ4n) is 2.34. The number of thioether (sulfide) groups is 1. The van der Waals surface area contributed by atoms with Crippen molar-refractivity contribution >= 4 is 57.5 Å². The van der Waals surface area contributed by atoms with Crippen LogP contribution in [0.3, 0.4) is 0 Å². The third-order valence-electron chi connectivity index (χ3n) is 4.25. The SMILES string of the molecule is CC(Cc1ccc(C(=O)Oc2ccc(C(=N)N)cc2)o1)C(=O)SC(=O)CC(O)C(=O)S.O=C(O)C(F)(F)F. The van der Waals surface area contributed by atoms with E-state index in [4.69, 9.17) is 30.2 Å². The number of furan rings is 1. The van der Waals surface area contributed by atoms with E-state index in [1.165, 1.54) is 36.4 Å². The highest BCUT2D eigenvalue weighted by Crippen LogP contribution is 2.21. The van der Waals surface area contributed by atoms with Crippen molar-refractivity contribution in [3.05, 3.63) is 53.5 Å². The first-order valence-electron chi connectivity index (χ1n) is 10.2. The second-order valence-electron chi connectivity index (χ2n) is 7.35. The number of rotatable bonds is 9. The molecular weight excluding hydrogens is 557 g/mol. The van der Waals surface area contributed by atoms with E-state index in [-0.39, 0.29) is 23.8 Å². The maximum absolute atomic E-state index is 12.2. The summed E-state index contributed by atoms with van der Waals surface area (Å²) in [5, 5.41) is 21.8. The number of carbonyl (C=O) groups is 5. The minimum atomic E-state index is -5.08. The minimum absolute atomic E-state index is 0.0653. The van der Waals surface area contributed by atoms with Gasteiger partial charge in [-0.1, -0.05) is 6.92 Å². The Kier molecular flexibility index (Phi) is 12.2. The number of carbonyl (C=O) groups excluding carboxylic acids is 4. The smallest absolute Gasteiger partial charge is 0.475 e. The molecule has 1 aromatic heterocycles. The average Bonchev–Trinajstić information content (AvgIpc) is 3.27. The van der Waals surface area contributed by atoms with E-state index < -0.39 is 51.9 Å². The lowest BCUT2D eigenvalue weighted by Crippen LogP contribution is -2.21. The number of esters is 1. The largest absolute Gasteiger partial charge is 0.490 e. The van der Waals surface area contributed by atoms with E-state index in [1.54, 1.807) is 6.92 Å². The molecule has 0 fully saturated rings. The number of ether oxygens (including phenoxy) is 1. The highest BCUT2D eigenvalue weighted by molar-refractivity contribution is 8.26.